The number of hydrogen-bond donors (Lipinski definition) is 4. The first-order valence-corrected chi connectivity index (χ1v) is 6.10. The van der Waals surface area contributed by atoms with Gasteiger partial charge in [-0.3, -0.25) is 9.36 Å². The fraction of sp³-hybridized carbons (Fsp3) is 0.545. The Morgan fingerprint density at radius 1 is 1.25 bits per heavy atom. The van der Waals surface area contributed by atoms with Crippen molar-refractivity contribution in [1.29, 1.82) is 0 Å². The molecule has 1 aliphatic heterocycles. The molecule has 1 aliphatic rings. The van der Waals surface area contributed by atoms with Gasteiger partial charge in [-0.05, 0) is 6.92 Å². The number of aromatic nitrogens is 4. The number of aliphatic hydroxyl groups excluding tert-OH is 3. The standard InChI is InChI=1S/C11H14N4O5/c1-4-6(16)7(17)8(18)11(20-4)15-3-14-5-9(15)12-2-13-10(5)19/h2-4,6-8,11,16-18H,1H3,(H,12,13,19)/t4-,6-,7-,8-,11+/m0/s1. The number of rotatable bonds is 1. The lowest BCUT2D eigenvalue weighted by atomic mass is 9.99. The molecule has 108 valence electrons. The van der Waals surface area contributed by atoms with Crippen LogP contribution in [0.2, 0.25) is 0 Å². The molecule has 0 amide bonds. The molecule has 20 heavy (non-hydrogen) atoms. The number of imidazole rings is 1. The van der Waals surface area contributed by atoms with E-state index in [2.05, 4.69) is 15.0 Å². The fourth-order valence-corrected chi connectivity index (χ4v) is 2.31. The van der Waals surface area contributed by atoms with Gasteiger partial charge < -0.3 is 25.0 Å². The van der Waals surface area contributed by atoms with E-state index in [1.165, 1.54) is 17.2 Å². The van der Waals surface area contributed by atoms with Crippen LogP contribution < -0.4 is 5.56 Å². The van der Waals surface area contributed by atoms with Crippen LogP contribution in [0, 0.1) is 0 Å². The second kappa shape index (κ2) is 4.63. The van der Waals surface area contributed by atoms with Crippen LogP contribution in [0.25, 0.3) is 11.2 Å². The fourth-order valence-electron chi connectivity index (χ4n) is 2.31. The zero-order valence-corrected chi connectivity index (χ0v) is 10.5. The molecule has 3 rings (SSSR count). The molecular formula is C11H14N4O5. The molecule has 2 aromatic rings. The molecule has 5 atom stereocenters. The van der Waals surface area contributed by atoms with E-state index < -0.39 is 36.2 Å². The monoisotopic (exact) mass is 282 g/mol. The van der Waals surface area contributed by atoms with Gasteiger partial charge in [0.2, 0.25) is 0 Å². The number of fused-ring (bicyclic) bond motifs is 1. The summed E-state index contributed by atoms with van der Waals surface area (Å²) >= 11 is 0. The normalized spacial score (nSPS) is 34.5. The first kappa shape index (κ1) is 13.2. The topological polar surface area (TPSA) is 133 Å². The maximum atomic E-state index is 11.6. The minimum absolute atomic E-state index is 0.108. The second-order valence-electron chi connectivity index (χ2n) is 4.76. The largest absolute Gasteiger partial charge is 0.388 e. The molecule has 0 saturated carbocycles. The Morgan fingerprint density at radius 2 is 2.00 bits per heavy atom. The summed E-state index contributed by atoms with van der Waals surface area (Å²) in [5, 5.41) is 29.5. The first-order valence-electron chi connectivity index (χ1n) is 6.10. The molecule has 4 N–H and O–H groups in total. The highest BCUT2D eigenvalue weighted by molar-refractivity contribution is 5.68. The van der Waals surface area contributed by atoms with Crippen molar-refractivity contribution in [2.24, 2.45) is 0 Å². The Labute approximate surface area is 112 Å². The van der Waals surface area contributed by atoms with E-state index in [0.29, 0.717) is 0 Å². The van der Waals surface area contributed by atoms with E-state index in [0.717, 1.165) is 0 Å². The van der Waals surface area contributed by atoms with Crippen LogP contribution in [-0.4, -0.2) is 59.3 Å². The summed E-state index contributed by atoms with van der Waals surface area (Å²) in [6, 6.07) is 0. The summed E-state index contributed by atoms with van der Waals surface area (Å²) in [6.45, 7) is 1.58. The molecule has 2 aromatic heterocycles. The van der Waals surface area contributed by atoms with E-state index in [9.17, 15) is 20.1 Å². The van der Waals surface area contributed by atoms with Crippen molar-refractivity contribution in [1.82, 2.24) is 19.5 Å². The number of nitrogens with one attached hydrogen (secondary N) is 1. The highest BCUT2D eigenvalue weighted by Crippen LogP contribution is 2.29. The zero-order chi connectivity index (χ0) is 14.4. The molecule has 9 heteroatoms. The van der Waals surface area contributed by atoms with E-state index in [1.54, 1.807) is 6.92 Å². The third kappa shape index (κ3) is 1.83. The Bertz CT molecular complexity index is 683. The van der Waals surface area contributed by atoms with E-state index in [1.807, 2.05) is 0 Å². The molecule has 0 unspecified atom stereocenters. The molecule has 0 bridgehead atoms. The van der Waals surface area contributed by atoms with Crippen molar-refractivity contribution < 1.29 is 20.1 Å². The maximum absolute atomic E-state index is 11.6. The number of H-pyrrole nitrogens is 1. The lowest BCUT2D eigenvalue weighted by Crippen LogP contribution is -2.54. The third-order valence-corrected chi connectivity index (χ3v) is 3.47. The lowest BCUT2D eigenvalue weighted by Gasteiger charge is -2.39. The molecular weight excluding hydrogens is 268 g/mol. The van der Waals surface area contributed by atoms with Crippen LogP contribution in [0.5, 0.6) is 0 Å². The minimum Gasteiger partial charge on any atom is -0.388 e. The van der Waals surface area contributed by atoms with Gasteiger partial charge in [0.15, 0.2) is 17.4 Å². The summed E-state index contributed by atoms with van der Waals surface area (Å²) in [4.78, 5) is 21.9. The summed E-state index contributed by atoms with van der Waals surface area (Å²) in [6.07, 6.45) is -3.05. The van der Waals surface area contributed by atoms with Gasteiger partial charge in [-0.25, -0.2) is 9.97 Å². The van der Waals surface area contributed by atoms with Gasteiger partial charge in [0, 0.05) is 0 Å². The number of ether oxygens (including phenoxy) is 1. The number of aliphatic hydroxyl groups is 3. The average molecular weight is 282 g/mol. The van der Waals surface area contributed by atoms with Gasteiger partial charge in [0.05, 0.1) is 18.8 Å². The smallest absolute Gasteiger partial charge is 0.278 e. The van der Waals surface area contributed by atoms with Gasteiger partial charge in [0.1, 0.15) is 18.3 Å². The number of aromatic amines is 1. The van der Waals surface area contributed by atoms with Crippen molar-refractivity contribution >= 4 is 11.2 Å². The van der Waals surface area contributed by atoms with Crippen LogP contribution in [0.15, 0.2) is 17.4 Å². The highest BCUT2D eigenvalue weighted by Gasteiger charge is 2.43. The zero-order valence-electron chi connectivity index (χ0n) is 10.5. The van der Waals surface area contributed by atoms with Crippen LogP contribution in [0.1, 0.15) is 13.2 Å². The summed E-state index contributed by atoms with van der Waals surface area (Å²) < 4.78 is 6.85. The quantitative estimate of drug-likeness (QED) is 0.481. The van der Waals surface area contributed by atoms with Crippen LogP contribution in [0.3, 0.4) is 0 Å². The third-order valence-electron chi connectivity index (χ3n) is 3.47. The highest BCUT2D eigenvalue weighted by atomic mass is 16.5. The predicted molar refractivity (Wildman–Crippen MR) is 65.8 cm³/mol. The van der Waals surface area contributed by atoms with Crippen LogP contribution in [-0.2, 0) is 4.74 Å². The molecule has 0 radical (unpaired) electrons. The number of nitrogens with zero attached hydrogens (tertiary/aromatic N) is 3. The van der Waals surface area contributed by atoms with E-state index in [-0.39, 0.29) is 11.2 Å². The molecule has 1 fully saturated rings. The van der Waals surface area contributed by atoms with Gasteiger partial charge in [0.25, 0.3) is 5.56 Å². The van der Waals surface area contributed by atoms with Crippen molar-refractivity contribution in [3.63, 3.8) is 0 Å². The van der Waals surface area contributed by atoms with Crippen molar-refractivity contribution in [2.75, 3.05) is 0 Å². The minimum atomic E-state index is -1.36. The molecule has 3 heterocycles. The summed E-state index contributed by atoms with van der Waals surface area (Å²) in [7, 11) is 0. The average Bonchev–Trinajstić information content (AvgIpc) is 2.86. The van der Waals surface area contributed by atoms with E-state index >= 15 is 0 Å². The molecule has 9 nitrogen and oxygen atoms in total. The lowest BCUT2D eigenvalue weighted by molar-refractivity contribution is -0.239. The number of hydrogen-bond acceptors (Lipinski definition) is 7. The van der Waals surface area contributed by atoms with Gasteiger partial charge in [-0.15, -0.1) is 0 Å². The Morgan fingerprint density at radius 3 is 2.75 bits per heavy atom. The summed E-state index contributed by atoms with van der Waals surface area (Å²) in [5.41, 5.74) is -0.0714. The SMILES string of the molecule is C[C@@H]1O[C@@H](n2cnc3c(=O)[nH]cnc32)[C@@H](O)[C@@H](O)[C@H]1O. The van der Waals surface area contributed by atoms with Crippen molar-refractivity contribution in [3.05, 3.63) is 23.0 Å². The van der Waals surface area contributed by atoms with Gasteiger partial charge in [-0.1, -0.05) is 0 Å². The Kier molecular flexibility index (Phi) is 3.05. The molecule has 0 aliphatic carbocycles. The van der Waals surface area contributed by atoms with Gasteiger partial charge in [-0.2, -0.15) is 0 Å². The molecule has 1 saturated heterocycles. The summed E-state index contributed by atoms with van der Waals surface area (Å²) in [5.74, 6) is 0. The van der Waals surface area contributed by atoms with Crippen LogP contribution >= 0.6 is 0 Å². The predicted octanol–water partition coefficient (Wildman–Crippen LogP) is -1.88. The van der Waals surface area contributed by atoms with Gasteiger partial charge >= 0.3 is 0 Å². The Balaban J connectivity index is 2.07. The molecule has 0 spiro atoms. The first-order chi connectivity index (χ1) is 9.50. The second-order valence-corrected chi connectivity index (χ2v) is 4.76. The van der Waals surface area contributed by atoms with Crippen molar-refractivity contribution in [3.8, 4) is 0 Å². The van der Waals surface area contributed by atoms with Crippen LogP contribution in [0.4, 0.5) is 0 Å². The van der Waals surface area contributed by atoms with Crippen molar-refractivity contribution in [2.45, 2.75) is 37.6 Å². The molecule has 0 aromatic carbocycles. The van der Waals surface area contributed by atoms with E-state index in [4.69, 9.17) is 4.74 Å². The Hall–Kier alpha value is -1.81. The maximum Gasteiger partial charge on any atom is 0.278 e.